The van der Waals surface area contributed by atoms with E-state index in [2.05, 4.69) is 5.10 Å². The SMILES string of the molecule is CCOC(=O)C1CCCN(C(=O)c2cc(-c3ccc(OC)cc3)nn2C)C1. The summed E-state index contributed by atoms with van der Waals surface area (Å²) in [6.07, 6.45) is 1.55. The van der Waals surface area contributed by atoms with Gasteiger partial charge in [0, 0.05) is 25.7 Å². The lowest BCUT2D eigenvalue weighted by molar-refractivity contribution is -0.149. The van der Waals surface area contributed by atoms with Crippen molar-refractivity contribution in [2.24, 2.45) is 13.0 Å². The van der Waals surface area contributed by atoms with Gasteiger partial charge >= 0.3 is 5.97 Å². The van der Waals surface area contributed by atoms with Crippen LogP contribution in [-0.4, -0.2) is 53.4 Å². The third-order valence-electron chi connectivity index (χ3n) is 4.81. The number of amides is 1. The zero-order valence-corrected chi connectivity index (χ0v) is 16.0. The minimum Gasteiger partial charge on any atom is -0.497 e. The van der Waals surface area contributed by atoms with Crippen LogP contribution in [-0.2, 0) is 16.6 Å². The Labute approximate surface area is 158 Å². The average molecular weight is 371 g/mol. The Kier molecular flexibility index (Phi) is 5.78. The van der Waals surface area contributed by atoms with Crippen LogP contribution in [0.25, 0.3) is 11.3 Å². The lowest BCUT2D eigenvalue weighted by atomic mass is 9.98. The number of esters is 1. The molecule has 7 heteroatoms. The van der Waals surface area contributed by atoms with Crippen LogP contribution in [0.3, 0.4) is 0 Å². The number of aromatic nitrogens is 2. The first-order chi connectivity index (χ1) is 13.0. The van der Waals surface area contributed by atoms with Gasteiger partial charge in [0.2, 0.25) is 0 Å². The van der Waals surface area contributed by atoms with Crippen LogP contribution in [0.15, 0.2) is 30.3 Å². The maximum Gasteiger partial charge on any atom is 0.310 e. The Morgan fingerprint density at radius 1 is 1.26 bits per heavy atom. The maximum atomic E-state index is 13.0. The van der Waals surface area contributed by atoms with Crippen molar-refractivity contribution in [3.63, 3.8) is 0 Å². The number of rotatable bonds is 5. The van der Waals surface area contributed by atoms with Crippen molar-refractivity contribution in [1.29, 1.82) is 0 Å². The molecule has 1 fully saturated rings. The minimum atomic E-state index is -0.253. The van der Waals surface area contributed by atoms with Gasteiger partial charge < -0.3 is 14.4 Å². The van der Waals surface area contributed by atoms with Crippen molar-refractivity contribution in [2.75, 3.05) is 26.8 Å². The largest absolute Gasteiger partial charge is 0.497 e. The number of aryl methyl sites for hydroxylation is 1. The van der Waals surface area contributed by atoms with Crippen LogP contribution in [0.1, 0.15) is 30.3 Å². The van der Waals surface area contributed by atoms with Gasteiger partial charge in [-0.2, -0.15) is 5.10 Å². The monoisotopic (exact) mass is 371 g/mol. The fraction of sp³-hybridized carbons (Fsp3) is 0.450. The molecule has 1 atom stereocenters. The number of likely N-dealkylation sites (tertiary alicyclic amines) is 1. The first-order valence-electron chi connectivity index (χ1n) is 9.17. The number of carbonyl (C=O) groups excluding carboxylic acids is 2. The van der Waals surface area contributed by atoms with E-state index in [0.29, 0.717) is 25.4 Å². The molecule has 1 aliphatic rings. The summed E-state index contributed by atoms with van der Waals surface area (Å²) in [6, 6.07) is 9.33. The lowest BCUT2D eigenvalue weighted by Crippen LogP contribution is -2.43. The summed E-state index contributed by atoms with van der Waals surface area (Å²) in [5, 5.41) is 4.47. The second-order valence-corrected chi connectivity index (χ2v) is 6.61. The van der Waals surface area contributed by atoms with E-state index < -0.39 is 0 Å². The quantitative estimate of drug-likeness (QED) is 0.755. The summed E-state index contributed by atoms with van der Waals surface area (Å²) in [5.41, 5.74) is 2.14. The Bertz CT molecular complexity index is 813. The van der Waals surface area contributed by atoms with E-state index in [-0.39, 0.29) is 17.8 Å². The molecule has 27 heavy (non-hydrogen) atoms. The molecule has 1 aliphatic heterocycles. The van der Waals surface area contributed by atoms with Gasteiger partial charge in [-0.3, -0.25) is 14.3 Å². The predicted molar refractivity (Wildman–Crippen MR) is 100 cm³/mol. The van der Waals surface area contributed by atoms with Crippen LogP contribution in [0, 0.1) is 5.92 Å². The van der Waals surface area contributed by atoms with Crippen molar-refractivity contribution in [3.8, 4) is 17.0 Å². The maximum absolute atomic E-state index is 13.0. The van der Waals surface area contributed by atoms with E-state index in [1.165, 1.54) is 0 Å². The molecule has 0 bridgehead atoms. The zero-order chi connectivity index (χ0) is 19.4. The van der Waals surface area contributed by atoms with Gasteiger partial charge in [-0.1, -0.05) is 0 Å². The Balaban J connectivity index is 1.76. The topological polar surface area (TPSA) is 73.7 Å². The first-order valence-corrected chi connectivity index (χ1v) is 9.17. The van der Waals surface area contributed by atoms with E-state index in [1.807, 2.05) is 24.3 Å². The van der Waals surface area contributed by atoms with Crippen LogP contribution >= 0.6 is 0 Å². The lowest BCUT2D eigenvalue weighted by Gasteiger charge is -2.31. The smallest absolute Gasteiger partial charge is 0.310 e. The van der Waals surface area contributed by atoms with E-state index >= 15 is 0 Å². The van der Waals surface area contributed by atoms with Gasteiger partial charge in [-0.05, 0) is 50.1 Å². The predicted octanol–water partition coefficient (Wildman–Crippen LogP) is 2.51. The fourth-order valence-corrected chi connectivity index (χ4v) is 3.35. The standard InChI is InChI=1S/C20H25N3O4/c1-4-27-20(25)15-6-5-11-23(13-15)19(24)18-12-17(21-22(18)2)14-7-9-16(26-3)10-8-14/h7-10,12,15H,4-6,11,13H2,1-3H3. The Morgan fingerprint density at radius 3 is 2.67 bits per heavy atom. The molecule has 0 radical (unpaired) electrons. The molecule has 7 nitrogen and oxygen atoms in total. The Morgan fingerprint density at radius 2 is 2.00 bits per heavy atom. The highest BCUT2D eigenvalue weighted by Gasteiger charge is 2.31. The summed E-state index contributed by atoms with van der Waals surface area (Å²) in [4.78, 5) is 26.7. The highest BCUT2D eigenvalue weighted by Crippen LogP contribution is 2.24. The first kappa shape index (κ1) is 18.9. The van der Waals surface area contributed by atoms with E-state index in [1.54, 1.807) is 36.7 Å². The molecule has 0 aliphatic carbocycles. The molecule has 2 aromatic rings. The second-order valence-electron chi connectivity index (χ2n) is 6.61. The van der Waals surface area contributed by atoms with Gasteiger partial charge in [0.15, 0.2) is 0 Å². The molecular weight excluding hydrogens is 346 g/mol. The highest BCUT2D eigenvalue weighted by molar-refractivity contribution is 5.94. The van der Waals surface area contributed by atoms with Crippen molar-refractivity contribution < 1.29 is 19.1 Å². The van der Waals surface area contributed by atoms with E-state index in [0.717, 1.165) is 29.8 Å². The second kappa shape index (κ2) is 8.24. The molecule has 3 rings (SSSR count). The van der Waals surface area contributed by atoms with E-state index in [9.17, 15) is 9.59 Å². The summed E-state index contributed by atoms with van der Waals surface area (Å²) < 4.78 is 11.9. The number of hydrogen-bond donors (Lipinski definition) is 0. The molecule has 2 heterocycles. The molecular formula is C20H25N3O4. The van der Waals surface area contributed by atoms with Crippen molar-refractivity contribution in [3.05, 3.63) is 36.0 Å². The highest BCUT2D eigenvalue weighted by atomic mass is 16.5. The summed E-state index contributed by atoms with van der Waals surface area (Å²) in [6.45, 7) is 3.18. The number of methoxy groups -OCH3 is 1. The van der Waals surface area contributed by atoms with Crippen molar-refractivity contribution >= 4 is 11.9 Å². The molecule has 1 saturated heterocycles. The van der Waals surface area contributed by atoms with Gasteiger partial charge in [-0.25, -0.2) is 0 Å². The number of ether oxygens (including phenoxy) is 2. The minimum absolute atomic E-state index is 0.112. The van der Waals surface area contributed by atoms with Crippen LogP contribution in [0.4, 0.5) is 0 Å². The van der Waals surface area contributed by atoms with Crippen molar-refractivity contribution in [1.82, 2.24) is 14.7 Å². The Hall–Kier alpha value is -2.83. The molecule has 1 aromatic heterocycles. The zero-order valence-electron chi connectivity index (χ0n) is 16.0. The molecule has 1 unspecified atom stereocenters. The molecule has 144 valence electrons. The van der Waals surface area contributed by atoms with Gasteiger partial charge in [-0.15, -0.1) is 0 Å². The van der Waals surface area contributed by atoms with Crippen molar-refractivity contribution in [2.45, 2.75) is 19.8 Å². The van der Waals surface area contributed by atoms with Crippen LogP contribution in [0.2, 0.25) is 0 Å². The molecule has 0 spiro atoms. The molecule has 1 aromatic carbocycles. The normalized spacial score (nSPS) is 16.9. The van der Waals surface area contributed by atoms with E-state index in [4.69, 9.17) is 9.47 Å². The van der Waals surface area contributed by atoms with Crippen LogP contribution in [0.5, 0.6) is 5.75 Å². The van der Waals surface area contributed by atoms with Crippen LogP contribution < -0.4 is 4.74 Å². The number of nitrogens with zero attached hydrogens (tertiary/aromatic N) is 3. The number of benzene rings is 1. The number of carbonyl (C=O) groups is 2. The number of piperidine rings is 1. The molecule has 0 saturated carbocycles. The van der Waals surface area contributed by atoms with Gasteiger partial charge in [0.05, 0.1) is 25.3 Å². The number of hydrogen-bond acceptors (Lipinski definition) is 5. The third kappa shape index (κ3) is 4.13. The average Bonchev–Trinajstić information content (AvgIpc) is 3.09. The summed E-state index contributed by atoms with van der Waals surface area (Å²) >= 11 is 0. The summed E-state index contributed by atoms with van der Waals surface area (Å²) in [5.74, 6) is 0.180. The van der Waals surface area contributed by atoms with Gasteiger partial charge in [0.1, 0.15) is 11.4 Å². The molecule has 1 amide bonds. The fourth-order valence-electron chi connectivity index (χ4n) is 3.35. The van der Waals surface area contributed by atoms with Gasteiger partial charge in [0.25, 0.3) is 5.91 Å². The molecule has 0 N–H and O–H groups in total. The third-order valence-corrected chi connectivity index (χ3v) is 4.81. The summed E-state index contributed by atoms with van der Waals surface area (Å²) in [7, 11) is 3.38.